The lowest BCUT2D eigenvalue weighted by molar-refractivity contribution is -0.350. The molecule has 11 nitrogen and oxygen atoms in total. The zero-order valence-electron chi connectivity index (χ0n) is 14.1. The van der Waals surface area contributed by atoms with E-state index >= 15 is 0 Å². The lowest BCUT2D eigenvalue weighted by atomic mass is 9.82. The molecule has 2 aliphatic heterocycles. The molecule has 2 fully saturated rings. The van der Waals surface area contributed by atoms with E-state index in [0.717, 1.165) is 26.6 Å². The maximum Gasteiger partial charge on any atom is 0.338 e. The highest BCUT2D eigenvalue weighted by Crippen LogP contribution is 2.43. The standard InChI is InChI=1S/C14H19NO10/c1-20-7(16)5-6-9-8(12(17)21-2)11(14(19)23-4)25-15(9)24-10(6)13(18)22-3/h6,8-11H,5H2,1-4H3/t6-,8+,9-,10+,11+/m0/s1. The van der Waals surface area contributed by atoms with Crippen LogP contribution in [0.3, 0.4) is 0 Å². The second kappa shape index (κ2) is 7.76. The van der Waals surface area contributed by atoms with Crippen LogP contribution in [0.5, 0.6) is 0 Å². The molecule has 2 rings (SSSR count). The Morgan fingerprint density at radius 2 is 1.32 bits per heavy atom. The molecule has 0 bridgehead atoms. The molecule has 2 aliphatic rings. The van der Waals surface area contributed by atoms with E-state index in [9.17, 15) is 19.2 Å². The summed E-state index contributed by atoms with van der Waals surface area (Å²) < 4.78 is 18.6. The third-order valence-electron chi connectivity index (χ3n) is 4.17. The summed E-state index contributed by atoms with van der Waals surface area (Å²) in [6.45, 7) is 0. The molecule has 25 heavy (non-hydrogen) atoms. The molecule has 0 unspecified atom stereocenters. The van der Waals surface area contributed by atoms with Gasteiger partial charge in [-0.1, -0.05) is 5.23 Å². The van der Waals surface area contributed by atoms with E-state index in [1.165, 1.54) is 7.11 Å². The molecule has 0 aromatic carbocycles. The predicted octanol–water partition coefficient (Wildman–Crippen LogP) is -1.40. The number of hydrogen-bond acceptors (Lipinski definition) is 11. The molecule has 140 valence electrons. The zero-order valence-corrected chi connectivity index (χ0v) is 14.1. The number of nitrogens with zero attached hydrogens (tertiary/aromatic N) is 1. The molecule has 0 spiro atoms. The van der Waals surface area contributed by atoms with E-state index in [2.05, 4.69) is 14.2 Å². The van der Waals surface area contributed by atoms with Crippen LogP contribution in [-0.4, -0.2) is 75.8 Å². The number of hydrogen-bond donors (Lipinski definition) is 0. The third kappa shape index (κ3) is 3.43. The first-order valence-corrected chi connectivity index (χ1v) is 7.32. The first kappa shape index (κ1) is 19.1. The molecule has 0 aliphatic carbocycles. The first-order chi connectivity index (χ1) is 11.9. The van der Waals surface area contributed by atoms with Crippen molar-refractivity contribution in [1.29, 1.82) is 0 Å². The Labute approximate surface area is 142 Å². The smallest absolute Gasteiger partial charge is 0.338 e. The number of carbonyl (C=O) groups is 4. The minimum atomic E-state index is -1.33. The maximum absolute atomic E-state index is 12.2. The van der Waals surface area contributed by atoms with Gasteiger partial charge in [0.25, 0.3) is 0 Å². The summed E-state index contributed by atoms with van der Waals surface area (Å²) in [5, 5.41) is 0.859. The Hall–Kier alpha value is -2.24. The molecule has 2 saturated heterocycles. The van der Waals surface area contributed by atoms with Crippen LogP contribution in [0, 0.1) is 11.8 Å². The number of rotatable bonds is 5. The van der Waals surface area contributed by atoms with Crippen molar-refractivity contribution in [3.63, 3.8) is 0 Å². The van der Waals surface area contributed by atoms with E-state index in [-0.39, 0.29) is 6.42 Å². The molecule has 11 heteroatoms. The van der Waals surface area contributed by atoms with E-state index in [4.69, 9.17) is 14.4 Å². The van der Waals surface area contributed by atoms with Gasteiger partial charge in [-0.05, 0) is 0 Å². The predicted molar refractivity (Wildman–Crippen MR) is 75.0 cm³/mol. The molecule has 0 saturated carbocycles. The zero-order chi connectivity index (χ0) is 18.7. The number of hydroxylamine groups is 2. The van der Waals surface area contributed by atoms with Crippen LogP contribution in [0.15, 0.2) is 0 Å². The van der Waals surface area contributed by atoms with Crippen LogP contribution in [0.2, 0.25) is 0 Å². The van der Waals surface area contributed by atoms with E-state index < -0.39 is 54.0 Å². The molecule has 2 heterocycles. The fraction of sp³-hybridized carbons (Fsp3) is 0.714. The van der Waals surface area contributed by atoms with Crippen molar-refractivity contribution in [3.8, 4) is 0 Å². The van der Waals surface area contributed by atoms with Gasteiger partial charge in [-0.25, -0.2) is 9.59 Å². The topological polar surface area (TPSA) is 127 Å². The minimum Gasteiger partial charge on any atom is -0.469 e. The molecule has 0 amide bonds. The monoisotopic (exact) mass is 361 g/mol. The van der Waals surface area contributed by atoms with Gasteiger partial charge in [0.2, 0.25) is 0 Å². The van der Waals surface area contributed by atoms with Crippen LogP contribution < -0.4 is 0 Å². The van der Waals surface area contributed by atoms with Gasteiger partial charge >= 0.3 is 23.9 Å². The summed E-state index contributed by atoms with van der Waals surface area (Å²) in [5.74, 6) is -5.01. The highest BCUT2D eigenvalue weighted by Gasteiger charge is 2.63. The number of ether oxygens (including phenoxy) is 4. The average Bonchev–Trinajstić information content (AvgIpc) is 3.16. The first-order valence-electron chi connectivity index (χ1n) is 7.32. The van der Waals surface area contributed by atoms with Crippen molar-refractivity contribution >= 4 is 23.9 Å². The lowest BCUT2D eigenvalue weighted by Crippen LogP contribution is -2.44. The maximum atomic E-state index is 12.2. The van der Waals surface area contributed by atoms with Crippen LogP contribution in [0.4, 0.5) is 0 Å². The Kier molecular flexibility index (Phi) is 5.93. The van der Waals surface area contributed by atoms with Crippen molar-refractivity contribution in [2.75, 3.05) is 28.4 Å². The summed E-state index contributed by atoms with van der Waals surface area (Å²) in [6, 6.07) is -0.945. The Morgan fingerprint density at radius 1 is 0.800 bits per heavy atom. The van der Waals surface area contributed by atoms with Crippen LogP contribution in [0.25, 0.3) is 0 Å². The van der Waals surface area contributed by atoms with E-state index in [0.29, 0.717) is 0 Å². The third-order valence-corrected chi connectivity index (χ3v) is 4.17. The van der Waals surface area contributed by atoms with Crippen molar-refractivity contribution in [1.82, 2.24) is 5.23 Å². The molecule has 0 aromatic rings. The molecule has 0 N–H and O–H groups in total. The van der Waals surface area contributed by atoms with Gasteiger partial charge in [0, 0.05) is 5.92 Å². The van der Waals surface area contributed by atoms with Crippen molar-refractivity contribution in [2.45, 2.75) is 24.7 Å². The van der Waals surface area contributed by atoms with Crippen molar-refractivity contribution in [3.05, 3.63) is 0 Å². The van der Waals surface area contributed by atoms with Crippen molar-refractivity contribution < 1.29 is 47.8 Å². The number of carbonyl (C=O) groups excluding carboxylic acids is 4. The molecule has 5 atom stereocenters. The van der Waals surface area contributed by atoms with Gasteiger partial charge in [0.1, 0.15) is 5.92 Å². The van der Waals surface area contributed by atoms with Crippen LogP contribution >= 0.6 is 0 Å². The highest BCUT2D eigenvalue weighted by atomic mass is 17.0. The van der Waals surface area contributed by atoms with Gasteiger partial charge in [0.05, 0.1) is 40.9 Å². The quantitative estimate of drug-likeness (QED) is 0.424. The van der Waals surface area contributed by atoms with E-state index in [1.54, 1.807) is 0 Å². The second-order valence-electron chi connectivity index (χ2n) is 5.37. The minimum absolute atomic E-state index is 0.262. The highest BCUT2D eigenvalue weighted by molar-refractivity contribution is 5.85. The van der Waals surface area contributed by atoms with Crippen molar-refractivity contribution in [2.24, 2.45) is 11.8 Å². The SMILES string of the molecule is COC(=O)C[C@H]1[C@H]2[C@@H](C(=O)OC)[C@H](C(=O)OC)ON2O[C@H]1C(=O)OC. The number of fused-ring (bicyclic) bond motifs is 1. The largest absolute Gasteiger partial charge is 0.469 e. The fourth-order valence-electron chi connectivity index (χ4n) is 2.99. The van der Waals surface area contributed by atoms with Gasteiger partial charge in [-0.3, -0.25) is 19.3 Å². The summed E-state index contributed by atoms with van der Waals surface area (Å²) in [5.41, 5.74) is 0. The van der Waals surface area contributed by atoms with Gasteiger partial charge in [0.15, 0.2) is 12.2 Å². The average molecular weight is 361 g/mol. The number of methoxy groups -OCH3 is 4. The summed E-state index contributed by atoms with van der Waals surface area (Å²) in [4.78, 5) is 58.5. The molecule has 0 radical (unpaired) electrons. The number of esters is 4. The molecular formula is C14H19NO10. The second-order valence-corrected chi connectivity index (χ2v) is 5.37. The van der Waals surface area contributed by atoms with Crippen LogP contribution in [-0.2, 0) is 47.8 Å². The summed E-state index contributed by atoms with van der Waals surface area (Å²) in [6.07, 6.45) is -2.80. The lowest BCUT2D eigenvalue weighted by Gasteiger charge is -2.22. The Balaban J connectivity index is 2.38. The fourth-order valence-corrected chi connectivity index (χ4v) is 2.99. The molecular weight excluding hydrogens is 342 g/mol. The van der Waals surface area contributed by atoms with Gasteiger partial charge in [-0.15, -0.1) is 0 Å². The Morgan fingerprint density at radius 3 is 1.84 bits per heavy atom. The summed E-state index contributed by atoms with van der Waals surface area (Å²) >= 11 is 0. The van der Waals surface area contributed by atoms with E-state index in [1.807, 2.05) is 0 Å². The summed E-state index contributed by atoms with van der Waals surface area (Å²) in [7, 11) is 4.61. The normalized spacial score (nSPS) is 31.1. The van der Waals surface area contributed by atoms with Crippen LogP contribution in [0.1, 0.15) is 6.42 Å². The van der Waals surface area contributed by atoms with Gasteiger partial charge in [-0.2, -0.15) is 0 Å². The molecule has 0 aromatic heterocycles. The van der Waals surface area contributed by atoms with Gasteiger partial charge < -0.3 is 18.9 Å². The Bertz CT molecular complexity index is 564.